The van der Waals surface area contributed by atoms with E-state index in [1.807, 2.05) is 13.0 Å². The molecule has 0 aliphatic heterocycles. The summed E-state index contributed by atoms with van der Waals surface area (Å²) in [5, 5.41) is 19.6. The molecule has 0 fully saturated rings. The van der Waals surface area contributed by atoms with Crippen molar-refractivity contribution in [3.63, 3.8) is 0 Å². The Balaban J connectivity index is 2.00. The second-order valence-electron chi connectivity index (χ2n) is 4.49. The number of anilines is 1. The van der Waals surface area contributed by atoms with Gasteiger partial charge in [0.1, 0.15) is 6.07 Å². The summed E-state index contributed by atoms with van der Waals surface area (Å²) in [6.07, 6.45) is 3.05. The normalized spacial score (nSPS) is 10.4. The molecule has 130 valence electrons. The number of hydrogen-bond acceptors (Lipinski definition) is 8. The molecule has 0 spiro atoms. The molecule has 0 atom stereocenters. The maximum Gasteiger partial charge on any atom is 0.250 e. The fourth-order valence-corrected chi connectivity index (χ4v) is 3.43. The van der Waals surface area contributed by atoms with Crippen LogP contribution in [0.1, 0.15) is 12.5 Å². The van der Waals surface area contributed by atoms with E-state index in [1.165, 1.54) is 24.5 Å². The van der Waals surface area contributed by atoms with E-state index >= 15 is 0 Å². The highest BCUT2D eigenvalue weighted by molar-refractivity contribution is 8.01. The van der Waals surface area contributed by atoms with Gasteiger partial charge in [0, 0.05) is 6.08 Å². The lowest BCUT2D eigenvalue weighted by atomic mass is 10.2. The molecule has 9 heteroatoms. The summed E-state index contributed by atoms with van der Waals surface area (Å²) in [7, 11) is 1.51. The molecule has 1 heterocycles. The van der Waals surface area contributed by atoms with E-state index in [0.29, 0.717) is 16.6 Å². The maximum atomic E-state index is 12.0. The van der Waals surface area contributed by atoms with Crippen LogP contribution < -0.4 is 14.8 Å². The molecule has 0 saturated carbocycles. The number of nitrogens with one attached hydrogen (secondary N) is 1. The van der Waals surface area contributed by atoms with E-state index in [1.54, 1.807) is 36.0 Å². The first-order chi connectivity index (χ1) is 12.2. The van der Waals surface area contributed by atoms with Crippen LogP contribution in [-0.2, 0) is 4.79 Å². The Hall–Kier alpha value is -2.57. The molecule has 25 heavy (non-hydrogen) atoms. The zero-order valence-electron chi connectivity index (χ0n) is 13.7. The van der Waals surface area contributed by atoms with Crippen molar-refractivity contribution in [2.24, 2.45) is 0 Å². The third-order valence-electron chi connectivity index (χ3n) is 2.81. The van der Waals surface area contributed by atoms with Gasteiger partial charge in [-0.1, -0.05) is 36.1 Å². The zero-order chi connectivity index (χ0) is 18.1. The van der Waals surface area contributed by atoms with Crippen LogP contribution in [0.2, 0.25) is 0 Å². The molecule has 1 amide bonds. The minimum absolute atomic E-state index is 0.0614. The van der Waals surface area contributed by atoms with Gasteiger partial charge in [0.05, 0.1) is 7.11 Å². The summed E-state index contributed by atoms with van der Waals surface area (Å²) in [6.45, 7) is 1.96. The summed E-state index contributed by atoms with van der Waals surface area (Å²) < 4.78 is 11.3. The number of rotatable bonds is 8. The highest BCUT2D eigenvalue weighted by Gasteiger charge is 2.07. The van der Waals surface area contributed by atoms with Crippen LogP contribution >= 0.6 is 23.1 Å². The van der Waals surface area contributed by atoms with Gasteiger partial charge in [-0.3, -0.25) is 10.1 Å². The lowest BCUT2D eigenvalue weighted by molar-refractivity contribution is -0.111. The summed E-state index contributed by atoms with van der Waals surface area (Å²) in [6, 6.07) is 7.07. The van der Waals surface area contributed by atoms with Gasteiger partial charge in [-0.2, -0.15) is 5.26 Å². The first-order valence-electron chi connectivity index (χ1n) is 7.29. The molecule has 1 N–H and O–H groups in total. The monoisotopic (exact) mass is 376 g/mol. The van der Waals surface area contributed by atoms with E-state index in [-0.39, 0.29) is 12.5 Å². The molecular formula is C16H16N4O3S2. The minimum Gasteiger partial charge on any atom is -0.493 e. The molecule has 0 radical (unpaired) electrons. The van der Waals surface area contributed by atoms with Crippen molar-refractivity contribution in [3.05, 3.63) is 29.8 Å². The first-order valence-corrected chi connectivity index (χ1v) is 9.09. The average Bonchev–Trinajstić information content (AvgIpc) is 3.05. The molecular weight excluding hydrogens is 360 g/mol. The predicted molar refractivity (Wildman–Crippen MR) is 98.1 cm³/mol. The highest BCUT2D eigenvalue weighted by atomic mass is 32.2. The summed E-state index contributed by atoms with van der Waals surface area (Å²) >= 11 is 2.91. The number of nitriles is 1. The Labute approximate surface area is 153 Å². The average molecular weight is 376 g/mol. The number of amides is 1. The van der Waals surface area contributed by atoms with Gasteiger partial charge in [-0.05, 0) is 29.5 Å². The molecule has 2 aromatic rings. The van der Waals surface area contributed by atoms with E-state index < -0.39 is 0 Å². The number of aromatic nitrogens is 2. The predicted octanol–water partition coefficient (Wildman–Crippen LogP) is 3.21. The number of thioether (sulfide) groups is 1. The lowest BCUT2D eigenvalue weighted by Gasteiger charge is -2.08. The quantitative estimate of drug-likeness (QED) is 0.429. The van der Waals surface area contributed by atoms with E-state index in [0.717, 1.165) is 15.7 Å². The number of carbonyl (C=O) groups excluding carboxylic acids is 1. The Morgan fingerprint density at radius 2 is 2.28 bits per heavy atom. The molecule has 0 aliphatic carbocycles. The van der Waals surface area contributed by atoms with Gasteiger partial charge in [-0.25, -0.2) is 0 Å². The Morgan fingerprint density at radius 1 is 1.44 bits per heavy atom. The van der Waals surface area contributed by atoms with Gasteiger partial charge in [-0.15, -0.1) is 10.2 Å². The highest BCUT2D eigenvalue weighted by Crippen LogP contribution is 2.28. The van der Waals surface area contributed by atoms with Crippen molar-refractivity contribution < 1.29 is 14.3 Å². The van der Waals surface area contributed by atoms with Gasteiger partial charge in [0.15, 0.2) is 22.4 Å². The van der Waals surface area contributed by atoms with E-state index in [9.17, 15) is 4.79 Å². The zero-order valence-corrected chi connectivity index (χ0v) is 15.3. The first kappa shape index (κ1) is 18.8. The second kappa shape index (κ2) is 9.66. The number of carbonyl (C=O) groups is 1. The van der Waals surface area contributed by atoms with Crippen LogP contribution in [0.3, 0.4) is 0 Å². The largest absolute Gasteiger partial charge is 0.493 e. The number of ether oxygens (including phenoxy) is 2. The summed E-state index contributed by atoms with van der Waals surface area (Å²) in [5.41, 5.74) is 0.760. The number of methoxy groups -OCH3 is 1. The van der Waals surface area contributed by atoms with Crippen molar-refractivity contribution in [2.75, 3.05) is 24.8 Å². The molecule has 7 nitrogen and oxygen atoms in total. The standard InChI is InChI=1S/C16H16N4O3S2/c1-3-24-16-20-19-15(25-16)18-14(21)7-5-11-4-6-12(23-9-8-17)13(10-11)22-2/h4-7,10H,3,9H2,1-2H3,(H,18,19,21)/b7-5+. The number of hydrogen-bond donors (Lipinski definition) is 1. The summed E-state index contributed by atoms with van der Waals surface area (Å²) in [4.78, 5) is 12.0. The van der Waals surface area contributed by atoms with Crippen LogP contribution in [0.5, 0.6) is 11.5 Å². The lowest BCUT2D eigenvalue weighted by Crippen LogP contribution is -2.07. The number of benzene rings is 1. The van der Waals surface area contributed by atoms with Crippen LogP contribution in [0.4, 0.5) is 5.13 Å². The van der Waals surface area contributed by atoms with Gasteiger partial charge in [0.2, 0.25) is 11.0 Å². The second-order valence-corrected chi connectivity index (χ2v) is 6.97. The Bertz CT molecular complexity index is 799. The minimum atomic E-state index is -0.298. The van der Waals surface area contributed by atoms with Gasteiger partial charge < -0.3 is 9.47 Å². The Morgan fingerprint density at radius 3 is 3.00 bits per heavy atom. The molecule has 0 bridgehead atoms. The van der Waals surface area contributed by atoms with Crippen LogP contribution in [0.25, 0.3) is 6.08 Å². The van der Waals surface area contributed by atoms with Crippen LogP contribution in [0, 0.1) is 11.3 Å². The molecule has 0 aliphatic rings. The summed E-state index contributed by atoms with van der Waals surface area (Å²) in [5.74, 6) is 1.56. The third-order valence-corrected chi connectivity index (χ3v) is 4.67. The molecule has 2 rings (SSSR count). The van der Waals surface area contributed by atoms with E-state index in [2.05, 4.69) is 15.5 Å². The fourth-order valence-electron chi connectivity index (χ4n) is 1.78. The van der Waals surface area contributed by atoms with Crippen molar-refractivity contribution in [3.8, 4) is 17.6 Å². The van der Waals surface area contributed by atoms with E-state index in [4.69, 9.17) is 14.7 Å². The third kappa shape index (κ3) is 5.77. The smallest absolute Gasteiger partial charge is 0.250 e. The fraction of sp³-hybridized carbons (Fsp3) is 0.250. The number of nitrogens with zero attached hydrogens (tertiary/aromatic N) is 3. The SMILES string of the molecule is CCSc1nnc(NC(=O)/C=C/c2ccc(OCC#N)c(OC)c2)s1. The van der Waals surface area contributed by atoms with Gasteiger partial charge >= 0.3 is 0 Å². The topological polar surface area (TPSA) is 97.1 Å². The van der Waals surface area contributed by atoms with Crippen LogP contribution in [0.15, 0.2) is 28.6 Å². The van der Waals surface area contributed by atoms with Crippen LogP contribution in [-0.4, -0.2) is 35.6 Å². The molecule has 0 unspecified atom stereocenters. The maximum absolute atomic E-state index is 12.0. The van der Waals surface area contributed by atoms with Crippen molar-refractivity contribution in [1.82, 2.24) is 10.2 Å². The Kier molecular flexibility index (Phi) is 7.25. The van der Waals surface area contributed by atoms with Gasteiger partial charge in [0.25, 0.3) is 0 Å². The molecule has 0 saturated heterocycles. The molecule has 1 aromatic heterocycles. The van der Waals surface area contributed by atoms with Crippen molar-refractivity contribution in [1.29, 1.82) is 5.26 Å². The van der Waals surface area contributed by atoms with Crippen molar-refractivity contribution in [2.45, 2.75) is 11.3 Å². The van der Waals surface area contributed by atoms with Crippen molar-refractivity contribution >= 4 is 40.2 Å². The molecule has 1 aromatic carbocycles.